The van der Waals surface area contributed by atoms with Crippen LogP contribution in [0.3, 0.4) is 0 Å². The Morgan fingerprint density at radius 2 is 2.23 bits per heavy atom. The molecule has 3 aromatic rings. The molecule has 1 N–H and O–H groups in total. The average Bonchev–Trinajstić information content (AvgIpc) is 2.99. The van der Waals surface area contributed by atoms with Crippen molar-refractivity contribution in [2.75, 3.05) is 25.6 Å². The summed E-state index contributed by atoms with van der Waals surface area (Å²) in [5.41, 5.74) is 1.35. The summed E-state index contributed by atoms with van der Waals surface area (Å²) >= 11 is 1.47. The van der Waals surface area contributed by atoms with Gasteiger partial charge in [0.25, 0.3) is 0 Å². The molecule has 0 amide bonds. The van der Waals surface area contributed by atoms with Crippen LogP contribution in [0.1, 0.15) is 6.42 Å². The van der Waals surface area contributed by atoms with Crippen molar-refractivity contribution >= 4 is 27.4 Å². The zero-order chi connectivity index (χ0) is 15.4. The Morgan fingerprint density at radius 1 is 1.36 bits per heavy atom. The van der Waals surface area contributed by atoms with E-state index in [9.17, 15) is 4.79 Å². The van der Waals surface area contributed by atoms with E-state index in [1.807, 2.05) is 29.6 Å². The molecule has 0 aliphatic heterocycles. The lowest BCUT2D eigenvalue weighted by Gasteiger charge is -2.01. The third-order valence-corrected chi connectivity index (χ3v) is 4.02. The van der Waals surface area contributed by atoms with Crippen LogP contribution in [0, 0.1) is 0 Å². The van der Waals surface area contributed by atoms with Crippen molar-refractivity contribution in [1.82, 2.24) is 4.98 Å². The van der Waals surface area contributed by atoms with Gasteiger partial charge in [0, 0.05) is 31.0 Å². The van der Waals surface area contributed by atoms with Gasteiger partial charge in [-0.2, -0.15) is 0 Å². The molecule has 1 aromatic carbocycles. The minimum Gasteiger partial charge on any atom is -0.422 e. The van der Waals surface area contributed by atoms with Gasteiger partial charge in [-0.1, -0.05) is 18.2 Å². The zero-order valence-corrected chi connectivity index (χ0v) is 13.0. The molecule has 22 heavy (non-hydrogen) atoms. The molecule has 0 radical (unpaired) electrons. The van der Waals surface area contributed by atoms with Crippen molar-refractivity contribution in [2.45, 2.75) is 6.42 Å². The largest absolute Gasteiger partial charge is 0.422 e. The zero-order valence-electron chi connectivity index (χ0n) is 12.2. The minimum absolute atomic E-state index is 0.366. The van der Waals surface area contributed by atoms with Crippen molar-refractivity contribution in [2.24, 2.45) is 0 Å². The lowest BCUT2D eigenvalue weighted by molar-refractivity contribution is 0.198. The standard InChI is InChI=1S/C16H16N2O3S/c1-20-8-4-7-17-16-18-13(10-22-16)12-9-11-5-2-3-6-14(11)21-15(12)19/h2-3,5-6,9-10H,4,7-8H2,1H3,(H,17,18). The molecule has 2 heterocycles. The van der Waals surface area contributed by atoms with E-state index in [1.165, 1.54) is 11.3 Å². The highest BCUT2D eigenvalue weighted by Gasteiger charge is 2.11. The highest BCUT2D eigenvalue weighted by Crippen LogP contribution is 2.25. The molecule has 6 heteroatoms. The van der Waals surface area contributed by atoms with E-state index in [1.54, 1.807) is 13.2 Å². The summed E-state index contributed by atoms with van der Waals surface area (Å²) in [4.78, 5) is 16.6. The topological polar surface area (TPSA) is 64.4 Å². The van der Waals surface area contributed by atoms with Gasteiger partial charge in [0.05, 0.1) is 11.3 Å². The smallest absolute Gasteiger partial charge is 0.345 e. The number of hydrogen-bond acceptors (Lipinski definition) is 6. The second kappa shape index (κ2) is 6.72. The predicted octanol–water partition coefficient (Wildman–Crippen LogP) is 3.36. The van der Waals surface area contributed by atoms with Crippen molar-refractivity contribution in [1.29, 1.82) is 0 Å². The van der Waals surface area contributed by atoms with Gasteiger partial charge in [0.1, 0.15) is 5.58 Å². The number of thiazole rings is 1. The molecule has 2 aromatic heterocycles. The molecule has 0 saturated carbocycles. The summed E-state index contributed by atoms with van der Waals surface area (Å²) in [6, 6.07) is 9.28. The van der Waals surface area contributed by atoms with Crippen LogP contribution < -0.4 is 10.9 Å². The normalized spacial score (nSPS) is 11.0. The van der Waals surface area contributed by atoms with Crippen LogP contribution in [0.15, 0.2) is 44.9 Å². The molecular weight excluding hydrogens is 300 g/mol. The lowest BCUT2D eigenvalue weighted by Crippen LogP contribution is -2.05. The van der Waals surface area contributed by atoms with Gasteiger partial charge in [-0.25, -0.2) is 9.78 Å². The van der Waals surface area contributed by atoms with Gasteiger partial charge in [-0.3, -0.25) is 0 Å². The van der Waals surface area contributed by atoms with E-state index in [-0.39, 0.29) is 5.63 Å². The summed E-state index contributed by atoms with van der Waals surface area (Å²) < 4.78 is 10.3. The van der Waals surface area contributed by atoms with Crippen LogP contribution in [0.4, 0.5) is 5.13 Å². The van der Waals surface area contributed by atoms with Crippen LogP contribution in [-0.2, 0) is 4.74 Å². The van der Waals surface area contributed by atoms with E-state index in [0.717, 1.165) is 23.5 Å². The first-order chi connectivity index (χ1) is 10.8. The fraction of sp³-hybridized carbons (Fsp3) is 0.250. The van der Waals surface area contributed by atoms with Crippen molar-refractivity contribution in [3.05, 3.63) is 46.1 Å². The molecular formula is C16H16N2O3S. The van der Waals surface area contributed by atoms with E-state index < -0.39 is 0 Å². The molecule has 0 aliphatic rings. The first-order valence-corrected chi connectivity index (χ1v) is 7.87. The van der Waals surface area contributed by atoms with Gasteiger partial charge < -0.3 is 14.5 Å². The van der Waals surface area contributed by atoms with Crippen molar-refractivity contribution in [3.8, 4) is 11.3 Å². The number of rotatable bonds is 6. The summed E-state index contributed by atoms with van der Waals surface area (Å²) in [6.45, 7) is 1.49. The maximum atomic E-state index is 12.1. The Bertz CT molecular complexity index is 825. The molecule has 0 atom stereocenters. The molecule has 0 unspecified atom stereocenters. The first kappa shape index (κ1) is 14.7. The quantitative estimate of drug-likeness (QED) is 0.558. The third-order valence-electron chi connectivity index (χ3n) is 3.22. The van der Waals surface area contributed by atoms with E-state index in [4.69, 9.17) is 9.15 Å². The lowest BCUT2D eigenvalue weighted by atomic mass is 10.1. The fourth-order valence-corrected chi connectivity index (χ4v) is 2.87. The maximum absolute atomic E-state index is 12.1. The molecule has 5 nitrogen and oxygen atoms in total. The number of hydrogen-bond donors (Lipinski definition) is 1. The van der Waals surface area contributed by atoms with Gasteiger partial charge in [-0.15, -0.1) is 11.3 Å². The van der Waals surface area contributed by atoms with Crippen molar-refractivity contribution < 1.29 is 9.15 Å². The fourth-order valence-electron chi connectivity index (χ4n) is 2.13. The number of ether oxygens (including phenoxy) is 1. The van der Waals surface area contributed by atoms with Gasteiger partial charge >= 0.3 is 5.63 Å². The number of nitrogens with zero attached hydrogens (tertiary/aromatic N) is 1. The van der Waals surface area contributed by atoms with Gasteiger partial charge in [0.15, 0.2) is 5.13 Å². The van der Waals surface area contributed by atoms with Crippen LogP contribution in [-0.4, -0.2) is 25.2 Å². The van der Waals surface area contributed by atoms with Crippen LogP contribution in [0.25, 0.3) is 22.2 Å². The summed E-state index contributed by atoms with van der Waals surface area (Å²) in [5, 5.41) is 6.76. The number of benzene rings is 1. The maximum Gasteiger partial charge on any atom is 0.345 e. The molecule has 0 bridgehead atoms. The van der Waals surface area contributed by atoms with Crippen LogP contribution >= 0.6 is 11.3 Å². The first-order valence-electron chi connectivity index (χ1n) is 6.99. The highest BCUT2D eigenvalue weighted by molar-refractivity contribution is 7.14. The van der Waals surface area contributed by atoms with E-state index in [0.29, 0.717) is 23.4 Å². The third kappa shape index (κ3) is 3.18. The van der Waals surface area contributed by atoms with Crippen molar-refractivity contribution in [3.63, 3.8) is 0 Å². The molecule has 0 aliphatic carbocycles. The number of methoxy groups -OCH3 is 1. The Kier molecular flexibility index (Phi) is 4.50. The second-order valence-corrected chi connectivity index (χ2v) is 5.65. The average molecular weight is 316 g/mol. The molecule has 0 saturated heterocycles. The SMILES string of the molecule is COCCCNc1nc(-c2cc3ccccc3oc2=O)cs1. The van der Waals surface area contributed by atoms with Gasteiger partial charge in [-0.05, 0) is 18.6 Å². The Balaban J connectivity index is 1.83. The Hall–Kier alpha value is -2.18. The second-order valence-electron chi connectivity index (χ2n) is 4.80. The Morgan fingerprint density at radius 3 is 3.09 bits per heavy atom. The van der Waals surface area contributed by atoms with Crippen LogP contribution in [0.5, 0.6) is 0 Å². The highest BCUT2D eigenvalue weighted by atomic mass is 32.1. The summed E-state index contributed by atoms with van der Waals surface area (Å²) in [5.74, 6) is 0. The number of para-hydroxylation sites is 1. The molecule has 0 fully saturated rings. The monoisotopic (exact) mass is 316 g/mol. The summed E-state index contributed by atoms with van der Waals surface area (Å²) in [7, 11) is 1.68. The molecule has 114 valence electrons. The molecule has 0 spiro atoms. The number of nitrogens with one attached hydrogen (secondary N) is 1. The van der Waals surface area contributed by atoms with Crippen LogP contribution in [0.2, 0.25) is 0 Å². The molecule has 3 rings (SSSR count). The Labute approximate surface area is 131 Å². The summed E-state index contributed by atoms with van der Waals surface area (Å²) in [6.07, 6.45) is 0.906. The van der Waals surface area contributed by atoms with Gasteiger partial charge in [0.2, 0.25) is 0 Å². The van der Waals surface area contributed by atoms with E-state index in [2.05, 4.69) is 10.3 Å². The number of aromatic nitrogens is 1. The number of anilines is 1. The van der Waals surface area contributed by atoms with E-state index >= 15 is 0 Å². The predicted molar refractivity (Wildman–Crippen MR) is 88.6 cm³/mol. The minimum atomic E-state index is -0.366. The number of fused-ring (bicyclic) bond motifs is 1.